The minimum absolute atomic E-state index is 0. The van der Waals surface area contributed by atoms with Crippen LogP contribution in [0.1, 0.15) is 57.9 Å². The summed E-state index contributed by atoms with van der Waals surface area (Å²) in [6, 6.07) is 9.58. The quantitative estimate of drug-likeness (QED) is 0.700. The van der Waals surface area contributed by atoms with Gasteiger partial charge in [-0.3, -0.25) is 9.59 Å². The van der Waals surface area contributed by atoms with Gasteiger partial charge in [0, 0.05) is 6.54 Å². The number of nitrogens with zero attached hydrogens (tertiary/aromatic N) is 1. The predicted molar refractivity (Wildman–Crippen MR) is 118 cm³/mol. The third-order valence-electron chi connectivity index (χ3n) is 6.24. The van der Waals surface area contributed by atoms with Gasteiger partial charge in [-0.25, -0.2) is 0 Å². The zero-order valence-corrected chi connectivity index (χ0v) is 17.3. The molecular weight excluding hydrogens is 386 g/mol. The van der Waals surface area contributed by atoms with Crippen LogP contribution >= 0.6 is 13.5 Å². The number of amides is 1. The smallest absolute Gasteiger partial charge is 0.252 e. The summed E-state index contributed by atoms with van der Waals surface area (Å²) in [6.45, 7) is 1.16. The highest BCUT2D eigenvalue weighted by Gasteiger charge is 2.48. The predicted octanol–water partition coefficient (Wildman–Crippen LogP) is 3.86. The van der Waals surface area contributed by atoms with Crippen molar-refractivity contribution < 1.29 is 19.1 Å². The Morgan fingerprint density at radius 1 is 1.14 bits per heavy atom. The fourth-order valence-electron chi connectivity index (χ4n) is 4.76. The maximum atomic E-state index is 13.3. The molecule has 2 aliphatic heterocycles. The number of fused-ring (bicyclic) bond motifs is 1. The van der Waals surface area contributed by atoms with Crippen LogP contribution in [-0.4, -0.2) is 48.0 Å². The molecule has 4 rings (SSSR count). The molecule has 1 saturated carbocycles. The first-order valence-corrected chi connectivity index (χ1v) is 10.3. The SMILES string of the molecule is C.O=C1CO[C@@H]2CCN(C(=O)C(CC3CCCCC3)OCc3ccccc3)[C@H]12.S. The normalized spacial score (nSPS) is 25.1. The molecule has 1 unspecified atom stereocenters. The van der Waals surface area contributed by atoms with Crippen LogP contribution in [0.3, 0.4) is 0 Å². The van der Waals surface area contributed by atoms with Gasteiger partial charge in [0.25, 0.3) is 5.91 Å². The van der Waals surface area contributed by atoms with E-state index in [0.717, 1.165) is 18.4 Å². The topological polar surface area (TPSA) is 55.8 Å². The molecule has 5 nitrogen and oxygen atoms in total. The Labute approximate surface area is 181 Å². The minimum Gasteiger partial charge on any atom is -0.368 e. The van der Waals surface area contributed by atoms with Gasteiger partial charge in [0.1, 0.15) is 18.8 Å². The lowest BCUT2D eigenvalue weighted by Crippen LogP contribution is -2.47. The molecular formula is C23H35NO4S. The largest absolute Gasteiger partial charge is 0.368 e. The number of carbonyl (C=O) groups is 2. The molecule has 3 fully saturated rings. The number of rotatable bonds is 6. The van der Waals surface area contributed by atoms with Crippen LogP contribution in [0.25, 0.3) is 0 Å². The molecule has 2 heterocycles. The van der Waals surface area contributed by atoms with Crippen molar-refractivity contribution in [2.24, 2.45) is 5.92 Å². The average Bonchev–Trinajstić information content (AvgIpc) is 3.29. The van der Waals surface area contributed by atoms with Crippen molar-refractivity contribution in [2.75, 3.05) is 13.2 Å². The van der Waals surface area contributed by atoms with Crippen LogP contribution in [0.4, 0.5) is 0 Å². The summed E-state index contributed by atoms with van der Waals surface area (Å²) >= 11 is 0. The molecule has 6 heteroatoms. The van der Waals surface area contributed by atoms with Crippen molar-refractivity contribution in [2.45, 2.75) is 77.2 Å². The maximum absolute atomic E-state index is 13.3. The first-order valence-electron chi connectivity index (χ1n) is 10.3. The molecule has 3 aliphatic rings. The van der Waals surface area contributed by atoms with Crippen LogP contribution in [0, 0.1) is 5.92 Å². The molecule has 0 N–H and O–H groups in total. The fraction of sp³-hybridized carbons (Fsp3) is 0.652. The summed E-state index contributed by atoms with van der Waals surface area (Å²) in [5, 5.41) is 0. The molecule has 1 aromatic rings. The zero-order valence-electron chi connectivity index (χ0n) is 16.3. The first-order chi connectivity index (χ1) is 13.2. The van der Waals surface area contributed by atoms with Gasteiger partial charge in [-0.15, -0.1) is 0 Å². The van der Waals surface area contributed by atoms with Gasteiger partial charge >= 0.3 is 0 Å². The van der Waals surface area contributed by atoms with Gasteiger partial charge < -0.3 is 14.4 Å². The van der Waals surface area contributed by atoms with Crippen molar-refractivity contribution in [3.05, 3.63) is 35.9 Å². The Kier molecular flexibility index (Phi) is 9.18. The van der Waals surface area contributed by atoms with Gasteiger partial charge in [0.15, 0.2) is 5.78 Å². The number of hydrogen-bond donors (Lipinski definition) is 0. The van der Waals surface area contributed by atoms with Crippen LogP contribution in [0.2, 0.25) is 0 Å². The molecule has 0 bridgehead atoms. The summed E-state index contributed by atoms with van der Waals surface area (Å²) in [4.78, 5) is 27.3. The molecule has 1 aromatic carbocycles. The summed E-state index contributed by atoms with van der Waals surface area (Å²) in [5.41, 5.74) is 1.07. The monoisotopic (exact) mass is 421 g/mol. The van der Waals surface area contributed by atoms with E-state index in [-0.39, 0.29) is 45.3 Å². The van der Waals surface area contributed by atoms with Crippen LogP contribution < -0.4 is 0 Å². The van der Waals surface area contributed by atoms with E-state index in [1.54, 1.807) is 4.90 Å². The zero-order chi connectivity index (χ0) is 18.6. The molecule has 29 heavy (non-hydrogen) atoms. The van der Waals surface area contributed by atoms with Gasteiger partial charge in [-0.05, 0) is 24.3 Å². The van der Waals surface area contributed by atoms with Crippen molar-refractivity contribution in [1.82, 2.24) is 4.90 Å². The Bertz CT molecular complexity index is 662. The summed E-state index contributed by atoms with van der Waals surface area (Å²) in [6.07, 6.45) is 7.04. The lowest BCUT2D eigenvalue weighted by molar-refractivity contribution is -0.149. The molecule has 1 aliphatic carbocycles. The van der Waals surface area contributed by atoms with Crippen molar-refractivity contribution in [3.8, 4) is 0 Å². The number of hydrogen-bond acceptors (Lipinski definition) is 4. The second-order valence-electron chi connectivity index (χ2n) is 8.11. The molecule has 1 amide bonds. The molecule has 2 saturated heterocycles. The van der Waals surface area contributed by atoms with Gasteiger partial charge in [-0.2, -0.15) is 13.5 Å². The minimum atomic E-state index is -0.472. The highest BCUT2D eigenvalue weighted by Crippen LogP contribution is 2.32. The maximum Gasteiger partial charge on any atom is 0.252 e. The van der Waals surface area contributed by atoms with Crippen LogP contribution in [0.5, 0.6) is 0 Å². The Morgan fingerprint density at radius 3 is 2.59 bits per heavy atom. The van der Waals surface area contributed by atoms with E-state index in [9.17, 15) is 9.59 Å². The van der Waals surface area contributed by atoms with Crippen molar-refractivity contribution in [1.29, 1.82) is 0 Å². The number of Topliss-reactive ketones (excluding diaryl/α,β-unsaturated/α-hetero) is 1. The van der Waals surface area contributed by atoms with E-state index >= 15 is 0 Å². The first kappa shape index (κ1) is 23.9. The fourth-order valence-corrected chi connectivity index (χ4v) is 4.76. The van der Waals surface area contributed by atoms with E-state index in [1.165, 1.54) is 32.1 Å². The Balaban J connectivity index is 0.00000150. The van der Waals surface area contributed by atoms with Gasteiger partial charge in [0.05, 0.1) is 12.7 Å². The number of benzene rings is 1. The highest BCUT2D eigenvalue weighted by atomic mass is 32.1. The Hall–Kier alpha value is -1.37. The number of carbonyl (C=O) groups excluding carboxylic acids is 2. The summed E-state index contributed by atoms with van der Waals surface area (Å²) in [7, 11) is 0. The summed E-state index contributed by atoms with van der Waals surface area (Å²) < 4.78 is 11.7. The molecule has 0 radical (unpaired) electrons. The second-order valence-corrected chi connectivity index (χ2v) is 8.11. The molecule has 0 spiro atoms. The third kappa shape index (κ3) is 5.62. The molecule has 0 aromatic heterocycles. The van der Waals surface area contributed by atoms with Crippen molar-refractivity contribution in [3.63, 3.8) is 0 Å². The van der Waals surface area contributed by atoms with E-state index in [4.69, 9.17) is 9.47 Å². The second kappa shape index (κ2) is 11.1. The number of ketones is 1. The van der Waals surface area contributed by atoms with Crippen molar-refractivity contribution >= 4 is 25.2 Å². The summed E-state index contributed by atoms with van der Waals surface area (Å²) in [5.74, 6) is 0.547. The van der Waals surface area contributed by atoms with E-state index < -0.39 is 12.1 Å². The number of likely N-dealkylation sites (tertiary alicyclic amines) is 1. The lowest BCUT2D eigenvalue weighted by atomic mass is 9.85. The highest BCUT2D eigenvalue weighted by molar-refractivity contribution is 7.59. The average molecular weight is 422 g/mol. The van der Waals surface area contributed by atoms with E-state index in [1.807, 2.05) is 30.3 Å². The van der Waals surface area contributed by atoms with E-state index in [2.05, 4.69) is 0 Å². The Morgan fingerprint density at radius 2 is 1.86 bits per heavy atom. The van der Waals surface area contributed by atoms with E-state index in [0.29, 0.717) is 19.1 Å². The van der Waals surface area contributed by atoms with Gasteiger partial charge in [-0.1, -0.05) is 69.9 Å². The van der Waals surface area contributed by atoms with Crippen LogP contribution in [-0.2, 0) is 25.7 Å². The molecule has 162 valence electrons. The van der Waals surface area contributed by atoms with Gasteiger partial charge in [0.2, 0.25) is 0 Å². The third-order valence-corrected chi connectivity index (χ3v) is 6.24. The van der Waals surface area contributed by atoms with Crippen LogP contribution in [0.15, 0.2) is 30.3 Å². The molecule has 3 atom stereocenters. The lowest BCUT2D eigenvalue weighted by Gasteiger charge is -2.30. The number of ether oxygens (including phenoxy) is 2. The standard InChI is InChI=1S/C22H29NO4.CH4.H2S/c24-18-15-27-19-11-12-23(21(18)19)22(25)20(13-16-7-3-1-4-8-16)26-14-17-9-5-2-6-10-17;;/h2,5-6,9-10,16,19-21H,1,3-4,7-8,11-15H2;1H4;1H2/t19-,20?,21-;;/m1../s1.